The molecule has 0 heterocycles. The lowest BCUT2D eigenvalue weighted by atomic mass is 9.98. The van der Waals surface area contributed by atoms with Gasteiger partial charge in [-0.2, -0.15) is 0 Å². The first-order valence-corrected chi connectivity index (χ1v) is 6.30. The molecule has 1 aliphatic rings. The van der Waals surface area contributed by atoms with Gasteiger partial charge in [-0.15, -0.1) is 0 Å². The van der Waals surface area contributed by atoms with Crippen LogP contribution in [0, 0.1) is 11.7 Å². The molecular weight excluding hydrogens is 217 g/mol. The number of hydrogen-bond acceptors (Lipinski definition) is 2. The fraction of sp³-hybridized carbons (Fsp3) is 0.571. The highest BCUT2D eigenvalue weighted by molar-refractivity contribution is 5.22. The van der Waals surface area contributed by atoms with Crippen molar-refractivity contribution in [2.24, 2.45) is 5.92 Å². The van der Waals surface area contributed by atoms with Crippen LogP contribution < -0.4 is 5.32 Å². The summed E-state index contributed by atoms with van der Waals surface area (Å²) in [5.41, 5.74) is 0.970. The Morgan fingerprint density at radius 3 is 2.76 bits per heavy atom. The van der Waals surface area contributed by atoms with E-state index in [0.717, 1.165) is 5.56 Å². The molecule has 0 aromatic heterocycles. The minimum absolute atomic E-state index is 0.0816. The van der Waals surface area contributed by atoms with Crippen LogP contribution in [0.4, 0.5) is 4.39 Å². The lowest BCUT2D eigenvalue weighted by Gasteiger charge is -2.27. The van der Waals surface area contributed by atoms with Crippen molar-refractivity contribution >= 4 is 0 Å². The number of likely N-dealkylation sites (N-methyl/N-ethyl adjacent to an activating group) is 1. The highest BCUT2D eigenvalue weighted by Crippen LogP contribution is 2.40. The van der Waals surface area contributed by atoms with Gasteiger partial charge in [0.05, 0.1) is 12.1 Å². The predicted octanol–water partition coefficient (Wildman–Crippen LogP) is 2.90. The molecule has 0 spiro atoms. The van der Waals surface area contributed by atoms with Crippen molar-refractivity contribution < 1.29 is 9.13 Å². The van der Waals surface area contributed by atoms with Crippen LogP contribution in [0.2, 0.25) is 0 Å². The van der Waals surface area contributed by atoms with E-state index in [1.807, 2.05) is 20.0 Å². The van der Waals surface area contributed by atoms with Gasteiger partial charge in [0.25, 0.3) is 0 Å². The largest absolute Gasteiger partial charge is 0.376 e. The van der Waals surface area contributed by atoms with Crippen LogP contribution in [0.25, 0.3) is 0 Å². The molecule has 3 heteroatoms. The maximum atomic E-state index is 13.3. The number of rotatable bonds is 6. The van der Waals surface area contributed by atoms with Crippen LogP contribution in [-0.4, -0.2) is 19.8 Å². The summed E-state index contributed by atoms with van der Waals surface area (Å²) in [7, 11) is 1.91. The molecule has 1 N–H and O–H groups in total. The number of hydrogen-bond donors (Lipinski definition) is 1. The zero-order valence-corrected chi connectivity index (χ0v) is 10.4. The average Bonchev–Trinajstić information content (AvgIpc) is 3.13. The summed E-state index contributed by atoms with van der Waals surface area (Å²) in [6, 6.07) is 6.86. The van der Waals surface area contributed by atoms with Gasteiger partial charge in [-0.1, -0.05) is 12.1 Å². The van der Waals surface area contributed by atoms with Gasteiger partial charge in [-0.3, -0.25) is 0 Å². The highest BCUT2D eigenvalue weighted by Gasteiger charge is 2.37. The molecular formula is C14H20FNO. The zero-order chi connectivity index (χ0) is 12.3. The standard InChI is InChI=1S/C14H20FNO/c1-3-17-14(10-7-8-10)13(16-2)11-5-4-6-12(15)9-11/h4-6,9-10,13-14,16H,3,7-8H2,1-2H3. The molecule has 1 aromatic rings. The quantitative estimate of drug-likeness (QED) is 0.821. The van der Waals surface area contributed by atoms with E-state index in [2.05, 4.69) is 5.32 Å². The van der Waals surface area contributed by atoms with E-state index in [-0.39, 0.29) is 18.0 Å². The Hall–Kier alpha value is -0.930. The van der Waals surface area contributed by atoms with E-state index in [0.29, 0.717) is 12.5 Å². The summed E-state index contributed by atoms with van der Waals surface area (Å²) < 4.78 is 19.1. The van der Waals surface area contributed by atoms with Crippen LogP contribution in [0.15, 0.2) is 24.3 Å². The lowest BCUT2D eigenvalue weighted by Crippen LogP contribution is -2.33. The van der Waals surface area contributed by atoms with Gasteiger partial charge in [0, 0.05) is 6.61 Å². The Kier molecular flexibility index (Phi) is 4.13. The maximum absolute atomic E-state index is 13.3. The number of halogens is 1. The van der Waals surface area contributed by atoms with Gasteiger partial charge < -0.3 is 10.1 Å². The molecule has 1 aliphatic carbocycles. The van der Waals surface area contributed by atoms with Gasteiger partial charge >= 0.3 is 0 Å². The van der Waals surface area contributed by atoms with Gasteiger partial charge in [0.15, 0.2) is 0 Å². The van der Waals surface area contributed by atoms with E-state index in [1.54, 1.807) is 12.1 Å². The van der Waals surface area contributed by atoms with Crippen LogP contribution in [0.5, 0.6) is 0 Å². The topological polar surface area (TPSA) is 21.3 Å². The molecule has 0 radical (unpaired) electrons. The first kappa shape index (κ1) is 12.5. The summed E-state index contributed by atoms with van der Waals surface area (Å²) >= 11 is 0. The highest BCUT2D eigenvalue weighted by atomic mass is 19.1. The summed E-state index contributed by atoms with van der Waals surface area (Å²) in [4.78, 5) is 0. The Bertz CT molecular complexity index is 365. The van der Waals surface area contributed by atoms with Crippen molar-refractivity contribution in [3.05, 3.63) is 35.6 Å². The second-order valence-electron chi connectivity index (χ2n) is 4.58. The van der Waals surface area contributed by atoms with Crippen molar-refractivity contribution in [2.75, 3.05) is 13.7 Å². The number of benzene rings is 1. The monoisotopic (exact) mass is 237 g/mol. The Morgan fingerprint density at radius 1 is 1.47 bits per heavy atom. The number of ether oxygens (including phenoxy) is 1. The van der Waals surface area contributed by atoms with Crippen LogP contribution in [-0.2, 0) is 4.74 Å². The average molecular weight is 237 g/mol. The molecule has 2 unspecified atom stereocenters. The van der Waals surface area contributed by atoms with Crippen LogP contribution in [0.1, 0.15) is 31.4 Å². The third-order valence-electron chi connectivity index (χ3n) is 3.29. The molecule has 2 rings (SSSR count). The van der Waals surface area contributed by atoms with E-state index < -0.39 is 0 Å². The Labute approximate surface area is 102 Å². The molecule has 94 valence electrons. The molecule has 2 atom stereocenters. The normalized spacial score (nSPS) is 19.0. The van der Waals surface area contributed by atoms with E-state index in [1.165, 1.54) is 18.9 Å². The maximum Gasteiger partial charge on any atom is 0.123 e. The third kappa shape index (κ3) is 3.05. The Balaban J connectivity index is 2.18. The first-order valence-electron chi connectivity index (χ1n) is 6.30. The zero-order valence-electron chi connectivity index (χ0n) is 10.4. The fourth-order valence-corrected chi connectivity index (χ4v) is 2.34. The van der Waals surface area contributed by atoms with Gasteiger partial charge in [0.2, 0.25) is 0 Å². The van der Waals surface area contributed by atoms with Crippen molar-refractivity contribution in [2.45, 2.75) is 31.9 Å². The molecule has 1 fully saturated rings. The van der Waals surface area contributed by atoms with Gasteiger partial charge in [0.1, 0.15) is 5.82 Å². The summed E-state index contributed by atoms with van der Waals surface area (Å²) in [5.74, 6) is 0.435. The third-order valence-corrected chi connectivity index (χ3v) is 3.29. The Morgan fingerprint density at radius 2 is 2.24 bits per heavy atom. The van der Waals surface area contributed by atoms with Crippen LogP contribution >= 0.6 is 0 Å². The van der Waals surface area contributed by atoms with E-state index >= 15 is 0 Å². The smallest absolute Gasteiger partial charge is 0.123 e. The summed E-state index contributed by atoms with van der Waals surface area (Å²) in [5, 5.41) is 3.26. The fourth-order valence-electron chi connectivity index (χ4n) is 2.34. The SMILES string of the molecule is CCOC(C1CC1)C(NC)c1cccc(F)c1. The van der Waals surface area contributed by atoms with Crippen molar-refractivity contribution in [1.82, 2.24) is 5.32 Å². The lowest BCUT2D eigenvalue weighted by molar-refractivity contribution is 0.0204. The molecule has 17 heavy (non-hydrogen) atoms. The molecule has 0 aliphatic heterocycles. The predicted molar refractivity (Wildman–Crippen MR) is 66.3 cm³/mol. The minimum atomic E-state index is -0.186. The van der Waals surface area contributed by atoms with Crippen LogP contribution in [0.3, 0.4) is 0 Å². The molecule has 2 nitrogen and oxygen atoms in total. The molecule has 0 saturated heterocycles. The molecule has 1 saturated carbocycles. The van der Waals surface area contributed by atoms with Crippen molar-refractivity contribution in [3.63, 3.8) is 0 Å². The minimum Gasteiger partial charge on any atom is -0.376 e. The molecule has 0 bridgehead atoms. The second kappa shape index (κ2) is 5.61. The van der Waals surface area contributed by atoms with Crippen molar-refractivity contribution in [1.29, 1.82) is 0 Å². The first-order chi connectivity index (χ1) is 8.26. The molecule has 0 amide bonds. The van der Waals surface area contributed by atoms with E-state index in [4.69, 9.17) is 4.74 Å². The summed E-state index contributed by atoms with van der Waals surface area (Å²) in [6.07, 6.45) is 2.60. The van der Waals surface area contributed by atoms with E-state index in [9.17, 15) is 4.39 Å². The molecule has 1 aromatic carbocycles. The van der Waals surface area contributed by atoms with Gasteiger partial charge in [-0.05, 0) is 50.4 Å². The second-order valence-corrected chi connectivity index (χ2v) is 4.58. The van der Waals surface area contributed by atoms with Gasteiger partial charge in [-0.25, -0.2) is 4.39 Å². The van der Waals surface area contributed by atoms with Crippen molar-refractivity contribution in [3.8, 4) is 0 Å². The number of nitrogens with one attached hydrogen (secondary N) is 1. The summed E-state index contributed by atoms with van der Waals surface area (Å²) in [6.45, 7) is 2.71.